The van der Waals surface area contributed by atoms with Gasteiger partial charge in [0.05, 0.1) is 0 Å². The average Bonchev–Trinajstić information content (AvgIpc) is 2.35. The molecule has 1 rings (SSSR count). The molecule has 0 fully saturated rings. The van der Waals surface area contributed by atoms with E-state index < -0.39 is 0 Å². The minimum Gasteiger partial charge on any atom is -0.125 e. The van der Waals surface area contributed by atoms with Crippen LogP contribution >= 0.6 is 0 Å². The SMILES string of the molecule is B/C=C(\C)CC/C=C/CCc1ccccc1C. The topological polar surface area (TPSA) is 0 Å². The third-order valence-electron chi connectivity index (χ3n) is 3.21. The molecule has 0 amide bonds. The largest absolute Gasteiger partial charge is 0.129 e. The van der Waals surface area contributed by atoms with Gasteiger partial charge in [-0.25, -0.2) is 0 Å². The molecule has 0 saturated carbocycles. The molecule has 0 aliphatic rings. The monoisotopic (exact) mass is 226 g/mol. The van der Waals surface area contributed by atoms with Crippen molar-refractivity contribution in [1.82, 2.24) is 0 Å². The highest BCUT2D eigenvalue weighted by Crippen LogP contribution is 2.10. The lowest BCUT2D eigenvalue weighted by molar-refractivity contribution is 0.947. The molecule has 17 heavy (non-hydrogen) atoms. The fourth-order valence-electron chi connectivity index (χ4n) is 1.82. The maximum Gasteiger partial charge on any atom is 0.129 e. The molecule has 1 aromatic rings. The first kappa shape index (κ1) is 13.8. The maximum atomic E-state index is 2.31. The van der Waals surface area contributed by atoms with Gasteiger partial charge in [-0.1, -0.05) is 42.0 Å². The van der Waals surface area contributed by atoms with Gasteiger partial charge < -0.3 is 0 Å². The number of benzene rings is 1. The van der Waals surface area contributed by atoms with Crippen molar-refractivity contribution in [1.29, 1.82) is 0 Å². The maximum absolute atomic E-state index is 2.31. The van der Waals surface area contributed by atoms with Gasteiger partial charge in [0, 0.05) is 0 Å². The molecule has 0 unspecified atom stereocenters. The van der Waals surface area contributed by atoms with Crippen molar-refractivity contribution in [3.8, 4) is 0 Å². The van der Waals surface area contributed by atoms with E-state index in [1.54, 1.807) is 0 Å². The number of aryl methyl sites for hydroxylation is 2. The Labute approximate surface area is 107 Å². The Morgan fingerprint density at radius 2 is 1.88 bits per heavy atom. The summed E-state index contributed by atoms with van der Waals surface area (Å²) in [6.45, 7) is 4.38. The molecule has 0 atom stereocenters. The molecule has 0 aliphatic heterocycles. The molecule has 1 aromatic carbocycles. The summed E-state index contributed by atoms with van der Waals surface area (Å²) in [7, 11) is 2.11. The van der Waals surface area contributed by atoms with Crippen molar-refractivity contribution in [3.05, 3.63) is 59.1 Å². The standard InChI is InChI=1S/C16H23B/c1-14(13-17)9-5-3-4-6-11-16-12-8-7-10-15(16)2/h3-4,7-8,10,12-13H,5-6,9,11,17H2,1-2H3/b4-3+,14-13+. The summed E-state index contributed by atoms with van der Waals surface area (Å²) in [6, 6.07) is 8.65. The van der Waals surface area contributed by atoms with Crippen LogP contribution in [0.1, 0.15) is 37.3 Å². The Bertz CT molecular complexity index is 388. The van der Waals surface area contributed by atoms with E-state index in [0.29, 0.717) is 0 Å². The summed E-state index contributed by atoms with van der Waals surface area (Å²) in [5.41, 5.74) is 4.36. The van der Waals surface area contributed by atoms with E-state index in [4.69, 9.17) is 0 Å². The van der Waals surface area contributed by atoms with Crippen molar-refractivity contribution in [2.45, 2.75) is 39.5 Å². The predicted molar refractivity (Wildman–Crippen MR) is 80.2 cm³/mol. The van der Waals surface area contributed by atoms with Crippen molar-refractivity contribution in [2.24, 2.45) is 0 Å². The second-order valence-corrected chi connectivity index (χ2v) is 4.61. The molecular formula is C16H23B. The van der Waals surface area contributed by atoms with Gasteiger partial charge in [0.25, 0.3) is 0 Å². The van der Waals surface area contributed by atoms with E-state index in [1.807, 2.05) is 0 Å². The van der Waals surface area contributed by atoms with Crippen LogP contribution in [-0.2, 0) is 6.42 Å². The third-order valence-corrected chi connectivity index (χ3v) is 3.21. The van der Waals surface area contributed by atoms with Crippen LogP contribution in [-0.4, -0.2) is 7.85 Å². The third kappa shape index (κ3) is 5.58. The summed E-state index contributed by atoms with van der Waals surface area (Å²) in [5, 5.41) is 0. The van der Waals surface area contributed by atoms with E-state index in [-0.39, 0.29) is 0 Å². The normalized spacial score (nSPS) is 12.2. The van der Waals surface area contributed by atoms with Crippen molar-refractivity contribution >= 4 is 7.85 Å². The Balaban J connectivity index is 2.24. The minimum absolute atomic E-state index is 1.15. The molecule has 0 aromatic heterocycles. The van der Waals surface area contributed by atoms with Crippen molar-refractivity contribution in [3.63, 3.8) is 0 Å². The zero-order valence-corrected chi connectivity index (χ0v) is 11.4. The van der Waals surface area contributed by atoms with Crippen LogP contribution in [0.15, 0.2) is 48.0 Å². The van der Waals surface area contributed by atoms with Crippen LogP contribution in [0.25, 0.3) is 0 Å². The van der Waals surface area contributed by atoms with Crippen LogP contribution in [0.5, 0.6) is 0 Å². The first-order valence-corrected chi connectivity index (χ1v) is 6.55. The fourth-order valence-corrected chi connectivity index (χ4v) is 1.82. The lowest BCUT2D eigenvalue weighted by atomic mass is 10.0. The van der Waals surface area contributed by atoms with E-state index in [9.17, 15) is 0 Å². The van der Waals surface area contributed by atoms with Crippen LogP contribution < -0.4 is 0 Å². The Morgan fingerprint density at radius 1 is 1.18 bits per heavy atom. The Hall–Kier alpha value is -1.24. The van der Waals surface area contributed by atoms with Gasteiger partial charge in [0.1, 0.15) is 7.85 Å². The van der Waals surface area contributed by atoms with E-state index in [2.05, 4.69) is 64.1 Å². The Morgan fingerprint density at radius 3 is 2.59 bits per heavy atom. The number of rotatable bonds is 6. The van der Waals surface area contributed by atoms with E-state index in [1.165, 1.54) is 29.5 Å². The molecule has 0 bridgehead atoms. The fraction of sp³-hybridized carbons (Fsp3) is 0.375. The van der Waals surface area contributed by atoms with Gasteiger partial charge in [0.2, 0.25) is 0 Å². The van der Waals surface area contributed by atoms with E-state index >= 15 is 0 Å². The molecule has 0 nitrogen and oxygen atoms in total. The minimum atomic E-state index is 1.15. The first-order chi connectivity index (χ1) is 8.24. The van der Waals surface area contributed by atoms with Crippen molar-refractivity contribution < 1.29 is 0 Å². The number of allylic oxidation sites excluding steroid dienone is 3. The zero-order chi connectivity index (χ0) is 12.5. The molecule has 90 valence electrons. The number of hydrogen-bond acceptors (Lipinski definition) is 0. The lowest BCUT2D eigenvalue weighted by Gasteiger charge is -2.02. The molecule has 0 N–H and O–H groups in total. The van der Waals surface area contributed by atoms with Crippen LogP contribution in [0, 0.1) is 6.92 Å². The highest BCUT2D eigenvalue weighted by atomic mass is 14.0. The molecular weight excluding hydrogens is 203 g/mol. The van der Waals surface area contributed by atoms with Crippen LogP contribution in [0.3, 0.4) is 0 Å². The van der Waals surface area contributed by atoms with Gasteiger partial charge in [-0.3, -0.25) is 0 Å². The smallest absolute Gasteiger partial charge is 0.125 e. The lowest BCUT2D eigenvalue weighted by Crippen LogP contribution is -1.87. The number of hydrogen-bond donors (Lipinski definition) is 0. The molecule has 0 radical (unpaired) electrons. The van der Waals surface area contributed by atoms with Gasteiger partial charge >= 0.3 is 0 Å². The highest BCUT2D eigenvalue weighted by molar-refractivity contribution is 6.17. The summed E-state index contributed by atoms with van der Waals surface area (Å²) in [6.07, 6.45) is 9.30. The summed E-state index contributed by atoms with van der Waals surface area (Å²) in [5.74, 6) is 2.20. The quantitative estimate of drug-likeness (QED) is 0.511. The second kappa shape index (κ2) is 7.94. The van der Waals surface area contributed by atoms with Gasteiger partial charge in [-0.2, -0.15) is 0 Å². The van der Waals surface area contributed by atoms with E-state index in [0.717, 1.165) is 12.8 Å². The average molecular weight is 226 g/mol. The molecule has 0 saturated heterocycles. The summed E-state index contributed by atoms with van der Waals surface area (Å²) in [4.78, 5) is 0. The van der Waals surface area contributed by atoms with Crippen LogP contribution in [0.2, 0.25) is 0 Å². The van der Waals surface area contributed by atoms with Gasteiger partial charge in [-0.05, 0) is 50.7 Å². The molecule has 0 spiro atoms. The first-order valence-electron chi connectivity index (χ1n) is 6.55. The van der Waals surface area contributed by atoms with Crippen LogP contribution in [0.4, 0.5) is 0 Å². The molecule has 1 heteroatoms. The molecule has 0 heterocycles. The zero-order valence-electron chi connectivity index (χ0n) is 11.4. The van der Waals surface area contributed by atoms with Crippen molar-refractivity contribution in [2.75, 3.05) is 0 Å². The summed E-state index contributed by atoms with van der Waals surface area (Å²) < 4.78 is 0. The van der Waals surface area contributed by atoms with Gasteiger partial charge in [0.15, 0.2) is 0 Å². The summed E-state index contributed by atoms with van der Waals surface area (Å²) >= 11 is 0. The Kier molecular flexibility index (Phi) is 6.46. The highest BCUT2D eigenvalue weighted by Gasteiger charge is 1.94. The predicted octanol–water partition coefficient (Wildman–Crippen LogP) is 3.80. The molecule has 0 aliphatic carbocycles. The second-order valence-electron chi connectivity index (χ2n) is 4.61. The van der Waals surface area contributed by atoms with Gasteiger partial charge in [-0.15, -0.1) is 5.98 Å².